The first-order valence-corrected chi connectivity index (χ1v) is 6.27. The molecule has 0 amide bonds. The summed E-state index contributed by atoms with van der Waals surface area (Å²) < 4.78 is 1.77. The fraction of sp³-hybridized carbons (Fsp3) is 0.462. The zero-order chi connectivity index (χ0) is 12.5. The highest BCUT2D eigenvalue weighted by Crippen LogP contribution is 2.40. The second-order valence-corrected chi connectivity index (χ2v) is 4.81. The Balaban J connectivity index is 1.99. The van der Waals surface area contributed by atoms with E-state index in [1.54, 1.807) is 4.68 Å². The number of aromatic nitrogens is 4. The van der Waals surface area contributed by atoms with Crippen LogP contribution in [0, 0.1) is 0 Å². The van der Waals surface area contributed by atoms with Gasteiger partial charge in [-0.2, -0.15) is 5.10 Å². The van der Waals surface area contributed by atoms with Gasteiger partial charge in [-0.05, 0) is 19.9 Å². The third-order valence-corrected chi connectivity index (χ3v) is 3.19. The van der Waals surface area contributed by atoms with Crippen molar-refractivity contribution in [1.82, 2.24) is 25.1 Å². The molecule has 0 aromatic carbocycles. The van der Waals surface area contributed by atoms with Crippen molar-refractivity contribution in [3.05, 3.63) is 29.8 Å². The van der Waals surface area contributed by atoms with Gasteiger partial charge < -0.3 is 5.32 Å². The molecule has 5 nitrogen and oxygen atoms in total. The molecule has 0 aliphatic heterocycles. The monoisotopic (exact) mass is 243 g/mol. The normalized spacial score (nSPS) is 15.0. The van der Waals surface area contributed by atoms with Crippen LogP contribution in [0.5, 0.6) is 0 Å². The molecule has 1 fully saturated rings. The summed E-state index contributed by atoms with van der Waals surface area (Å²) in [5, 5.41) is 7.34. The summed E-state index contributed by atoms with van der Waals surface area (Å²) in [6.45, 7) is 0.832. The Morgan fingerprint density at radius 3 is 2.83 bits per heavy atom. The van der Waals surface area contributed by atoms with Gasteiger partial charge in [0.05, 0.1) is 17.5 Å². The summed E-state index contributed by atoms with van der Waals surface area (Å²) >= 11 is 0. The summed E-state index contributed by atoms with van der Waals surface area (Å²) in [5.74, 6) is 1.41. The molecule has 0 bridgehead atoms. The molecule has 2 aromatic heterocycles. The Labute approximate surface area is 106 Å². The highest BCUT2D eigenvalue weighted by Gasteiger charge is 2.28. The van der Waals surface area contributed by atoms with Gasteiger partial charge in [-0.15, -0.1) is 0 Å². The van der Waals surface area contributed by atoms with Gasteiger partial charge in [-0.25, -0.2) is 9.97 Å². The van der Waals surface area contributed by atoms with Crippen molar-refractivity contribution in [2.45, 2.75) is 25.3 Å². The van der Waals surface area contributed by atoms with Crippen LogP contribution in [-0.2, 0) is 13.6 Å². The van der Waals surface area contributed by atoms with Crippen LogP contribution < -0.4 is 5.32 Å². The lowest BCUT2D eigenvalue weighted by molar-refractivity contribution is 0.767. The molecule has 1 saturated carbocycles. The van der Waals surface area contributed by atoms with Crippen LogP contribution in [0.1, 0.15) is 30.0 Å². The third-order valence-electron chi connectivity index (χ3n) is 3.19. The van der Waals surface area contributed by atoms with Crippen LogP contribution in [0.2, 0.25) is 0 Å². The van der Waals surface area contributed by atoms with E-state index in [9.17, 15) is 0 Å². The first kappa shape index (κ1) is 11.3. The molecule has 1 N–H and O–H groups in total. The molecular weight excluding hydrogens is 226 g/mol. The SMILES string of the molecule is CNCc1cnc(-c2cnn(C)c2)nc1C1CC1. The third kappa shape index (κ3) is 2.13. The van der Waals surface area contributed by atoms with Crippen molar-refractivity contribution < 1.29 is 0 Å². The molecule has 0 saturated heterocycles. The number of hydrogen-bond acceptors (Lipinski definition) is 4. The molecule has 0 atom stereocenters. The van der Waals surface area contributed by atoms with Crippen molar-refractivity contribution in [2.24, 2.45) is 7.05 Å². The molecule has 0 spiro atoms. The summed E-state index contributed by atoms with van der Waals surface area (Å²) in [5.41, 5.74) is 3.40. The first-order valence-electron chi connectivity index (χ1n) is 6.27. The average Bonchev–Trinajstić information content (AvgIpc) is 3.13. The molecule has 3 rings (SSSR count). The summed E-state index contributed by atoms with van der Waals surface area (Å²) in [4.78, 5) is 9.18. The van der Waals surface area contributed by atoms with E-state index in [1.807, 2.05) is 32.7 Å². The highest BCUT2D eigenvalue weighted by atomic mass is 15.2. The highest BCUT2D eigenvalue weighted by molar-refractivity contribution is 5.52. The molecule has 1 aliphatic carbocycles. The van der Waals surface area contributed by atoms with E-state index in [0.717, 1.165) is 17.9 Å². The van der Waals surface area contributed by atoms with Gasteiger partial charge in [0, 0.05) is 37.5 Å². The zero-order valence-electron chi connectivity index (χ0n) is 10.7. The second kappa shape index (κ2) is 4.49. The maximum atomic E-state index is 4.73. The maximum Gasteiger partial charge on any atom is 0.162 e. The molecular formula is C13H17N5. The number of hydrogen-bond donors (Lipinski definition) is 1. The van der Waals surface area contributed by atoms with E-state index < -0.39 is 0 Å². The van der Waals surface area contributed by atoms with Gasteiger partial charge >= 0.3 is 0 Å². The minimum absolute atomic E-state index is 0.631. The summed E-state index contributed by atoms with van der Waals surface area (Å²) in [7, 11) is 3.85. The molecule has 5 heteroatoms. The molecule has 2 aromatic rings. The largest absolute Gasteiger partial charge is 0.316 e. The predicted octanol–water partition coefficient (Wildman–Crippen LogP) is 1.47. The quantitative estimate of drug-likeness (QED) is 0.883. The van der Waals surface area contributed by atoms with Crippen LogP contribution in [0.3, 0.4) is 0 Å². The van der Waals surface area contributed by atoms with Gasteiger partial charge in [-0.1, -0.05) is 0 Å². The first-order chi connectivity index (χ1) is 8.78. The molecule has 18 heavy (non-hydrogen) atoms. The minimum atomic E-state index is 0.631. The summed E-state index contributed by atoms with van der Waals surface area (Å²) in [6.07, 6.45) is 8.20. The van der Waals surface area contributed by atoms with Gasteiger partial charge in [0.25, 0.3) is 0 Å². The van der Waals surface area contributed by atoms with E-state index in [1.165, 1.54) is 24.1 Å². The standard InChI is InChI=1S/C13H17N5/c1-14-5-10-6-15-13(11-7-16-18(2)8-11)17-12(10)9-3-4-9/h6-9,14H,3-5H2,1-2H3. The lowest BCUT2D eigenvalue weighted by atomic mass is 10.1. The second-order valence-electron chi connectivity index (χ2n) is 4.81. The predicted molar refractivity (Wildman–Crippen MR) is 69.0 cm³/mol. The Morgan fingerprint density at radius 2 is 2.22 bits per heavy atom. The minimum Gasteiger partial charge on any atom is -0.316 e. The van der Waals surface area contributed by atoms with Crippen LogP contribution in [0.15, 0.2) is 18.6 Å². The molecule has 94 valence electrons. The smallest absolute Gasteiger partial charge is 0.162 e. The fourth-order valence-corrected chi connectivity index (χ4v) is 2.13. The lowest BCUT2D eigenvalue weighted by Crippen LogP contribution is -2.10. The van der Waals surface area contributed by atoms with E-state index in [0.29, 0.717) is 5.92 Å². The van der Waals surface area contributed by atoms with Crippen LogP contribution in [0.4, 0.5) is 0 Å². The molecule has 0 radical (unpaired) electrons. The number of nitrogens with one attached hydrogen (secondary N) is 1. The Hall–Kier alpha value is -1.75. The van der Waals surface area contributed by atoms with Gasteiger partial charge in [0.15, 0.2) is 5.82 Å². The van der Waals surface area contributed by atoms with E-state index >= 15 is 0 Å². The van der Waals surface area contributed by atoms with Crippen LogP contribution in [0.25, 0.3) is 11.4 Å². The molecule has 2 heterocycles. The maximum absolute atomic E-state index is 4.73. The summed E-state index contributed by atoms with van der Waals surface area (Å²) in [6, 6.07) is 0. The van der Waals surface area contributed by atoms with Crippen molar-refractivity contribution in [3.8, 4) is 11.4 Å². The van der Waals surface area contributed by atoms with E-state index in [-0.39, 0.29) is 0 Å². The number of aryl methyl sites for hydroxylation is 1. The number of rotatable bonds is 4. The molecule has 1 aliphatic rings. The van der Waals surface area contributed by atoms with Crippen molar-refractivity contribution >= 4 is 0 Å². The Bertz CT molecular complexity index is 556. The van der Waals surface area contributed by atoms with Gasteiger partial charge in [0.1, 0.15) is 0 Å². The fourth-order valence-electron chi connectivity index (χ4n) is 2.13. The Morgan fingerprint density at radius 1 is 1.39 bits per heavy atom. The number of nitrogens with zero attached hydrogens (tertiary/aromatic N) is 4. The zero-order valence-corrected chi connectivity index (χ0v) is 10.7. The average molecular weight is 243 g/mol. The van der Waals surface area contributed by atoms with Gasteiger partial charge in [0.2, 0.25) is 0 Å². The van der Waals surface area contributed by atoms with Crippen molar-refractivity contribution in [1.29, 1.82) is 0 Å². The van der Waals surface area contributed by atoms with Crippen molar-refractivity contribution in [2.75, 3.05) is 7.05 Å². The van der Waals surface area contributed by atoms with Crippen molar-refractivity contribution in [3.63, 3.8) is 0 Å². The van der Waals surface area contributed by atoms with Crippen LogP contribution >= 0.6 is 0 Å². The Kier molecular flexibility index (Phi) is 2.83. The van der Waals surface area contributed by atoms with Gasteiger partial charge in [-0.3, -0.25) is 4.68 Å². The lowest BCUT2D eigenvalue weighted by Gasteiger charge is -2.08. The topological polar surface area (TPSA) is 55.6 Å². The van der Waals surface area contributed by atoms with E-state index in [4.69, 9.17) is 4.98 Å². The van der Waals surface area contributed by atoms with Crippen LogP contribution in [-0.4, -0.2) is 26.8 Å². The molecule has 0 unspecified atom stereocenters. The van der Waals surface area contributed by atoms with E-state index in [2.05, 4.69) is 15.4 Å².